The molecule has 3 fully saturated rings. The highest BCUT2D eigenvalue weighted by Crippen LogP contribution is 2.32. The molecule has 3 saturated heterocycles. The van der Waals surface area contributed by atoms with E-state index >= 15 is 0 Å². The molecule has 0 saturated carbocycles. The van der Waals surface area contributed by atoms with Gasteiger partial charge in [-0.15, -0.1) is 11.3 Å². The molecule has 0 spiro atoms. The van der Waals surface area contributed by atoms with Crippen LogP contribution >= 0.6 is 34.5 Å². The number of hydrogen-bond donors (Lipinski definition) is 1. The van der Waals surface area contributed by atoms with Crippen LogP contribution in [0.15, 0.2) is 33.9 Å². The van der Waals surface area contributed by atoms with E-state index in [1.165, 1.54) is 17.7 Å². The Morgan fingerprint density at radius 2 is 1.66 bits per heavy atom. The Labute approximate surface area is 237 Å². The van der Waals surface area contributed by atoms with Gasteiger partial charge in [0.25, 0.3) is 10.0 Å². The predicted molar refractivity (Wildman–Crippen MR) is 150 cm³/mol. The number of carbonyl (C=O) groups excluding carboxylic acids is 2. The van der Waals surface area contributed by atoms with E-state index in [1.807, 2.05) is 4.90 Å². The molecule has 3 aliphatic rings. The lowest BCUT2D eigenvalue weighted by Gasteiger charge is -2.34. The van der Waals surface area contributed by atoms with Crippen molar-refractivity contribution in [2.24, 2.45) is 0 Å². The van der Waals surface area contributed by atoms with E-state index in [-0.39, 0.29) is 28.6 Å². The highest BCUT2D eigenvalue weighted by atomic mass is 35.5. The minimum absolute atomic E-state index is 0.00770. The Balaban J connectivity index is 1.22. The van der Waals surface area contributed by atoms with Crippen molar-refractivity contribution in [3.8, 4) is 11.1 Å². The lowest BCUT2D eigenvalue weighted by atomic mass is 10.1. The van der Waals surface area contributed by atoms with Crippen LogP contribution in [0.1, 0.15) is 38.5 Å². The maximum absolute atomic E-state index is 13.2. The predicted octanol–water partition coefficient (Wildman–Crippen LogP) is 4.08. The second-order valence-electron chi connectivity index (χ2n) is 10.3. The third-order valence-electron chi connectivity index (χ3n) is 7.56. The first-order valence-corrected chi connectivity index (χ1v) is 16.2. The molecule has 0 radical (unpaired) electrons. The molecule has 2 atom stereocenters. The number of thiophene rings is 1. The number of nitrogens with one attached hydrogen (secondary N) is 1. The summed E-state index contributed by atoms with van der Waals surface area (Å²) in [5, 5.41) is 2.64. The molecule has 0 bridgehead atoms. The van der Waals surface area contributed by atoms with E-state index in [4.69, 9.17) is 23.2 Å². The zero-order valence-corrected chi connectivity index (χ0v) is 24.2. The average Bonchev–Trinajstić information content (AvgIpc) is 3.63. The number of amides is 2. The Bertz CT molecular complexity index is 1280. The molecule has 2 unspecified atom stereocenters. The smallest absolute Gasteiger partial charge is 0.250 e. The summed E-state index contributed by atoms with van der Waals surface area (Å²) in [6.07, 6.45) is 5.41. The fraction of sp³-hybridized carbons (Fsp3) is 0.538. The van der Waals surface area contributed by atoms with Crippen LogP contribution in [0.3, 0.4) is 0 Å². The van der Waals surface area contributed by atoms with Gasteiger partial charge in [0, 0.05) is 35.7 Å². The Hall–Kier alpha value is -1.69. The lowest BCUT2D eigenvalue weighted by Crippen LogP contribution is -2.55. The SMILES string of the molecule is O=C1C(NS(=O)(=O)c2cc(-c3cc(Cl)cc(Cl)c3)cs2)CCCN1CC(=O)N1CCCC1CN1CCCC1. The zero-order chi connectivity index (χ0) is 26.9. The van der Waals surface area contributed by atoms with Gasteiger partial charge in [-0.3, -0.25) is 9.59 Å². The topological polar surface area (TPSA) is 90.0 Å². The Kier molecular flexibility index (Phi) is 8.66. The summed E-state index contributed by atoms with van der Waals surface area (Å²) in [6.45, 7) is 4.23. The maximum Gasteiger partial charge on any atom is 0.250 e. The third-order valence-corrected chi connectivity index (χ3v) is 10.9. The minimum atomic E-state index is -3.94. The van der Waals surface area contributed by atoms with E-state index < -0.39 is 16.1 Å². The molecule has 1 aromatic heterocycles. The number of halogens is 2. The van der Waals surface area contributed by atoms with E-state index in [9.17, 15) is 18.0 Å². The van der Waals surface area contributed by atoms with Gasteiger partial charge in [0.2, 0.25) is 11.8 Å². The minimum Gasteiger partial charge on any atom is -0.337 e. The number of sulfonamides is 1. The summed E-state index contributed by atoms with van der Waals surface area (Å²) in [6, 6.07) is 5.89. The van der Waals surface area contributed by atoms with Crippen LogP contribution in [-0.4, -0.2) is 86.3 Å². The van der Waals surface area contributed by atoms with Crippen LogP contribution < -0.4 is 4.72 Å². The summed E-state index contributed by atoms with van der Waals surface area (Å²) < 4.78 is 29.0. The van der Waals surface area contributed by atoms with Gasteiger partial charge in [-0.2, -0.15) is 4.72 Å². The molecular formula is C26H32Cl2N4O4S2. The molecule has 2 amide bonds. The number of nitrogens with zero attached hydrogens (tertiary/aromatic N) is 3. The van der Waals surface area contributed by atoms with Crippen LogP contribution in [0.4, 0.5) is 0 Å². The van der Waals surface area contributed by atoms with E-state index in [1.54, 1.807) is 29.6 Å². The number of carbonyl (C=O) groups is 2. The monoisotopic (exact) mass is 598 g/mol. The van der Waals surface area contributed by atoms with Gasteiger partial charge < -0.3 is 14.7 Å². The van der Waals surface area contributed by atoms with Gasteiger partial charge in [-0.05, 0) is 92.4 Å². The van der Waals surface area contributed by atoms with Gasteiger partial charge in [-0.25, -0.2) is 8.42 Å². The number of piperidine rings is 1. The molecule has 38 heavy (non-hydrogen) atoms. The van der Waals surface area contributed by atoms with Gasteiger partial charge in [-0.1, -0.05) is 23.2 Å². The second kappa shape index (κ2) is 11.8. The van der Waals surface area contributed by atoms with Crippen molar-refractivity contribution in [2.45, 2.75) is 54.8 Å². The van der Waals surface area contributed by atoms with E-state index in [2.05, 4.69) is 9.62 Å². The second-order valence-corrected chi connectivity index (χ2v) is 14.0. The quantitative estimate of drug-likeness (QED) is 0.494. The van der Waals surface area contributed by atoms with Crippen LogP contribution in [-0.2, 0) is 19.6 Å². The summed E-state index contributed by atoms with van der Waals surface area (Å²) >= 11 is 13.3. The zero-order valence-electron chi connectivity index (χ0n) is 21.1. The van der Waals surface area contributed by atoms with E-state index in [0.717, 1.165) is 43.8 Å². The normalized spacial score (nSPS) is 22.9. The first-order valence-electron chi connectivity index (χ1n) is 13.1. The first kappa shape index (κ1) is 27.9. The molecule has 2 aromatic rings. The van der Waals surface area contributed by atoms with E-state index in [0.29, 0.717) is 47.1 Å². The van der Waals surface area contributed by atoms with Crippen molar-refractivity contribution < 1.29 is 18.0 Å². The van der Waals surface area contributed by atoms with Gasteiger partial charge in [0.05, 0.1) is 6.54 Å². The molecule has 0 aliphatic carbocycles. The number of hydrogen-bond acceptors (Lipinski definition) is 6. The average molecular weight is 600 g/mol. The summed E-state index contributed by atoms with van der Waals surface area (Å²) in [7, 11) is -3.94. The molecule has 206 valence electrons. The van der Waals surface area contributed by atoms with Crippen molar-refractivity contribution in [1.29, 1.82) is 0 Å². The van der Waals surface area contributed by atoms with Crippen LogP contribution in [0, 0.1) is 0 Å². The Morgan fingerprint density at radius 1 is 0.947 bits per heavy atom. The van der Waals surface area contributed by atoms with Crippen molar-refractivity contribution in [3.63, 3.8) is 0 Å². The molecule has 1 aromatic carbocycles. The van der Waals surface area contributed by atoms with Gasteiger partial charge in [0.15, 0.2) is 0 Å². The maximum atomic E-state index is 13.2. The Morgan fingerprint density at radius 3 is 2.39 bits per heavy atom. The summed E-state index contributed by atoms with van der Waals surface area (Å²) in [5.41, 5.74) is 1.39. The summed E-state index contributed by atoms with van der Waals surface area (Å²) in [5.74, 6) is -0.395. The van der Waals surface area contributed by atoms with Crippen LogP contribution in [0.2, 0.25) is 10.0 Å². The lowest BCUT2D eigenvalue weighted by molar-refractivity contribution is -0.143. The number of rotatable bonds is 8. The largest absolute Gasteiger partial charge is 0.337 e. The molecule has 12 heteroatoms. The highest BCUT2D eigenvalue weighted by molar-refractivity contribution is 7.91. The van der Waals surface area contributed by atoms with Crippen LogP contribution in [0.5, 0.6) is 0 Å². The third kappa shape index (κ3) is 6.37. The molecule has 1 N–H and O–H groups in total. The molecule has 8 nitrogen and oxygen atoms in total. The van der Waals surface area contributed by atoms with Crippen LogP contribution in [0.25, 0.3) is 11.1 Å². The molecule has 4 heterocycles. The number of likely N-dealkylation sites (tertiary alicyclic amines) is 3. The van der Waals surface area contributed by atoms with Crippen molar-refractivity contribution in [2.75, 3.05) is 39.3 Å². The molecular weight excluding hydrogens is 567 g/mol. The fourth-order valence-corrected chi connectivity index (χ4v) is 8.61. The number of benzene rings is 1. The molecule has 5 rings (SSSR count). The fourth-order valence-electron chi connectivity index (χ4n) is 5.65. The van der Waals surface area contributed by atoms with Gasteiger partial charge >= 0.3 is 0 Å². The standard InChI is InChI=1S/C26H32Cl2N4O4S2/c27-20-11-18(12-21(28)14-20)19-13-25(37-17-19)38(35,36)29-23-6-4-9-31(26(23)34)16-24(33)32-10-3-5-22(32)15-30-7-1-2-8-30/h11-14,17,22-23,29H,1-10,15-16H2. The highest BCUT2D eigenvalue weighted by Gasteiger charge is 2.36. The van der Waals surface area contributed by atoms with Crippen molar-refractivity contribution >= 4 is 56.4 Å². The van der Waals surface area contributed by atoms with Crippen molar-refractivity contribution in [1.82, 2.24) is 19.4 Å². The summed E-state index contributed by atoms with van der Waals surface area (Å²) in [4.78, 5) is 32.3. The van der Waals surface area contributed by atoms with Gasteiger partial charge in [0.1, 0.15) is 10.3 Å². The van der Waals surface area contributed by atoms with Crippen molar-refractivity contribution in [3.05, 3.63) is 39.7 Å². The first-order chi connectivity index (χ1) is 18.2. The molecule has 3 aliphatic heterocycles.